The fourth-order valence-electron chi connectivity index (χ4n) is 4.44. The van der Waals surface area contributed by atoms with Crippen LogP contribution in [-0.4, -0.2) is 57.8 Å². The summed E-state index contributed by atoms with van der Waals surface area (Å²) in [5.41, 5.74) is 3.25. The van der Waals surface area contributed by atoms with Gasteiger partial charge in [-0.25, -0.2) is 14.8 Å². The van der Waals surface area contributed by atoms with Gasteiger partial charge >= 0.3 is 5.97 Å². The molecule has 1 saturated heterocycles. The molecule has 7 nitrogen and oxygen atoms in total. The number of esters is 1. The first kappa shape index (κ1) is 19.7. The normalized spacial score (nSPS) is 18.3. The van der Waals surface area contributed by atoms with Crippen LogP contribution in [-0.2, 0) is 16.1 Å². The Morgan fingerprint density at radius 3 is 2.61 bits per heavy atom. The zero-order valence-electron chi connectivity index (χ0n) is 18.1. The summed E-state index contributed by atoms with van der Waals surface area (Å²) in [5, 5.41) is 2.11. The van der Waals surface area contributed by atoms with Gasteiger partial charge in [0.05, 0.1) is 17.6 Å². The predicted molar refractivity (Wildman–Crippen MR) is 128 cm³/mol. The first-order valence-corrected chi connectivity index (χ1v) is 11.1. The van der Waals surface area contributed by atoms with Gasteiger partial charge in [-0.05, 0) is 29.0 Å². The van der Waals surface area contributed by atoms with Gasteiger partial charge in [0.1, 0.15) is 5.82 Å². The van der Waals surface area contributed by atoms with Gasteiger partial charge < -0.3 is 14.6 Å². The van der Waals surface area contributed by atoms with Crippen molar-refractivity contribution in [3.05, 3.63) is 90.0 Å². The van der Waals surface area contributed by atoms with Crippen molar-refractivity contribution in [1.29, 1.82) is 0 Å². The van der Waals surface area contributed by atoms with Gasteiger partial charge in [0, 0.05) is 37.9 Å². The number of H-pyrrole nitrogens is 1. The summed E-state index contributed by atoms with van der Waals surface area (Å²) in [5.74, 6) is 0.945. The lowest BCUT2D eigenvalue weighted by molar-refractivity contribution is -0.130. The summed E-state index contributed by atoms with van der Waals surface area (Å²) in [6.07, 6.45) is 1.83. The lowest BCUT2D eigenvalue weighted by Crippen LogP contribution is -2.43. The third-order valence-electron chi connectivity index (χ3n) is 6.16. The molecule has 0 unspecified atom stereocenters. The second kappa shape index (κ2) is 8.18. The first-order valence-electron chi connectivity index (χ1n) is 11.1. The van der Waals surface area contributed by atoms with Crippen LogP contribution in [0.2, 0.25) is 0 Å². The van der Waals surface area contributed by atoms with Gasteiger partial charge in [-0.15, -0.1) is 0 Å². The zero-order valence-corrected chi connectivity index (χ0v) is 18.1. The highest BCUT2D eigenvalue weighted by molar-refractivity contribution is 6.16. The lowest BCUT2D eigenvalue weighted by atomic mass is 10.0. The van der Waals surface area contributed by atoms with E-state index < -0.39 is 5.97 Å². The molecule has 7 heteroatoms. The van der Waals surface area contributed by atoms with Crippen LogP contribution in [0.5, 0.6) is 0 Å². The Kier molecular flexibility index (Phi) is 4.88. The zero-order chi connectivity index (χ0) is 22.2. The summed E-state index contributed by atoms with van der Waals surface area (Å²) in [7, 11) is 0. The molecule has 33 heavy (non-hydrogen) atoms. The molecule has 0 amide bonds. The maximum Gasteiger partial charge on any atom is 0.365 e. The van der Waals surface area contributed by atoms with Crippen molar-refractivity contribution in [3.8, 4) is 0 Å². The number of cyclic esters (lactones) is 1. The minimum absolute atomic E-state index is 0.351. The topological polar surface area (TPSA) is 73.8 Å². The van der Waals surface area contributed by atoms with Gasteiger partial charge in [0.15, 0.2) is 5.70 Å². The summed E-state index contributed by atoms with van der Waals surface area (Å²) in [6, 6.07) is 22.0. The number of carbonyl (C=O) groups is 1. The Labute approximate surface area is 191 Å². The Bertz CT molecular complexity index is 1370. The Balaban J connectivity index is 1.14. The van der Waals surface area contributed by atoms with Crippen LogP contribution in [0.1, 0.15) is 11.4 Å². The van der Waals surface area contributed by atoms with Gasteiger partial charge in [-0.2, -0.15) is 0 Å². The number of carbonyl (C=O) groups excluding carboxylic acids is 1. The smallest absolute Gasteiger partial charge is 0.365 e. The number of nitrogens with one attached hydrogen (secondary N) is 1. The van der Waals surface area contributed by atoms with E-state index in [1.54, 1.807) is 0 Å². The SMILES string of the molecule is O=C1OC(c2cccc3ccccc23)=N/C1=C\N1CCN(Cc2nc3ccccc3[nH]2)CC1. The van der Waals surface area contributed by atoms with E-state index in [4.69, 9.17) is 4.74 Å². The summed E-state index contributed by atoms with van der Waals surface area (Å²) in [6.45, 7) is 4.18. The maximum atomic E-state index is 12.5. The van der Waals surface area contributed by atoms with Crippen LogP contribution in [0.4, 0.5) is 0 Å². The highest BCUT2D eigenvalue weighted by Gasteiger charge is 2.27. The van der Waals surface area contributed by atoms with Gasteiger partial charge in [-0.3, -0.25) is 4.90 Å². The number of hydrogen-bond donors (Lipinski definition) is 1. The van der Waals surface area contributed by atoms with Gasteiger partial charge in [0.2, 0.25) is 5.90 Å². The van der Waals surface area contributed by atoms with Crippen LogP contribution in [0.3, 0.4) is 0 Å². The van der Waals surface area contributed by atoms with E-state index in [0.29, 0.717) is 11.6 Å². The molecule has 0 bridgehead atoms. The van der Waals surface area contributed by atoms with E-state index in [-0.39, 0.29) is 0 Å². The predicted octanol–water partition coefficient (Wildman–Crippen LogP) is 3.68. The standard InChI is InChI=1S/C26H23N5O2/c32-26-23(29-25(33-26)20-9-5-7-18-6-1-2-8-19(18)20)16-30-12-14-31(15-13-30)17-24-27-21-10-3-4-11-22(21)28-24/h1-11,16H,12-15,17H2,(H,27,28)/b23-16-. The number of rotatable bonds is 4. The minimum Gasteiger partial charge on any atom is -0.402 e. The summed E-state index contributed by atoms with van der Waals surface area (Å²) >= 11 is 0. The van der Waals surface area contributed by atoms with E-state index in [1.165, 1.54) is 0 Å². The Hall–Kier alpha value is -3.97. The molecule has 1 aromatic heterocycles. The molecule has 0 aliphatic carbocycles. The lowest BCUT2D eigenvalue weighted by Gasteiger charge is -2.33. The van der Waals surface area contributed by atoms with E-state index in [1.807, 2.05) is 72.9 Å². The van der Waals surface area contributed by atoms with E-state index in [0.717, 1.165) is 65.9 Å². The fourth-order valence-corrected chi connectivity index (χ4v) is 4.44. The highest BCUT2D eigenvalue weighted by Crippen LogP contribution is 2.24. The van der Waals surface area contributed by atoms with Crippen LogP contribution in [0.25, 0.3) is 21.8 Å². The third-order valence-corrected chi connectivity index (χ3v) is 6.16. The molecule has 2 aliphatic heterocycles. The monoisotopic (exact) mass is 437 g/mol. The number of imidazole rings is 1. The average molecular weight is 438 g/mol. The largest absolute Gasteiger partial charge is 0.402 e. The second-order valence-corrected chi connectivity index (χ2v) is 8.36. The van der Waals surface area contributed by atoms with Crippen molar-refractivity contribution in [2.75, 3.05) is 26.2 Å². The number of benzene rings is 3. The molecule has 2 aliphatic rings. The maximum absolute atomic E-state index is 12.5. The van der Waals surface area contributed by atoms with Crippen molar-refractivity contribution < 1.29 is 9.53 Å². The number of ether oxygens (including phenoxy) is 1. The van der Waals surface area contributed by atoms with Crippen molar-refractivity contribution in [2.24, 2.45) is 4.99 Å². The Morgan fingerprint density at radius 1 is 0.939 bits per heavy atom. The second-order valence-electron chi connectivity index (χ2n) is 8.36. The molecule has 6 rings (SSSR count). The number of aromatic nitrogens is 2. The average Bonchev–Trinajstić information content (AvgIpc) is 3.42. The molecule has 1 fully saturated rings. The molecule has 0 radical (unpaired) electrons. The quantitative estimate of drug-likeness (QED) is 0.390. The van der Waals surface area contributed by atoms with Gasteiger partial charge in [-0.1, -0.05) is 48.5 Å². The molecular weight excluding hydrogens is 414 g/mol. The van der Waals surface area contributed by atoms with Crippen LogP contribution in [0, 0.1) is 0 Å². The first-order chi connectivity index (χ1) is 16.2. The number of piperazine rings is 1. The van der Waals surface area contributed by atoms with Crippen LogP contribution in [0.15, 0.2) is 83.6 Å². The summed E-state index contributed by atoms with van der Waals surface area (Å²) < 4.78 is 5.53. The number of fused-ring (bicyclic) bond motifs is 2. The number of aromatic amines is 1. The highest BCUT2D eigenvalue weighted by atomic mass is 16.6. The molecule has 1 N–H and O–H groups in total. The molecular formula is C26H23N5O2. The molecule has 164 valence electrons. The molecule has 0 saturated carbocycles. The van der Waals surface area contributed by atoms with E-state index in [2.05, 4.69) is 24.8 Å². The van der Waals surface area contributed by atoms with E-state index in [9.17, 15) is 4.79 Å². The molecule has 3 aromatic carbocycles. The van der Waals surface area contributed by atoms with Crippen molar-refractivity contribution in [3.63, 3.8) is 0 Å². The van der Waals surface area contributed by atoms with E-state index >= 15 is 0 Å². The number of hydrogen-bond acceptors (Lipinski definition) is 6. The molecule has 0 spiro atoms. The molecule has 4 aromatic rings. The fraction of sp³-hybridized carbons (Fsp3) is 0.192. The van der Waals surface area contributed by atoms with Crippen molar-refractivity contribution >= 4 is 33.7 Å². The van der Waals surface area contributed by atoms with Crippen molar-refractivity contribution in [2.45, 2.75) is 6.54 Å². The summed E-state index contributed by atoms with van der Waals surface area (Å²) in [4.78, 5) is 29.6. The van der Waals surface area contributed by atoms with Crippen LogP contribution < -0.4 is 0 Å². The molecule has 0 atom stereocenters. The third kappa shape index (κ3) is 3.87. The van der Waals surface area contributed by atoms with Gasteiger partial charge in [0.25, 0.3) is 0 Å². The number of nitrogens with zero attached hydrogens (tertiary/aromatic N) is 4. The number of aliphatic imine (C=N–C) groups is 1. The molecule has 3 heterocycles. The number of para-hydroxylation sites is 2. The minimum atomic E-state index is -0.400. The van der Waals surface area contributed by atoms with Crippen molar-refractivity contribution in [1.82, 2.24) is 19.8 Å². The Morgan fingerprint density at radius 2 is 1.73 bits per heavy atom. The van der Waals surface area contributed by atoms with Crippen LogP contribution >= 0.6 is 0 Å².